The lowest BCUT2D eigenvalue weighted by atomic mass is 9.92. The number of nitrogens with one attached hydrogen (secondary N) is 2. The molecule has 4 rings (SSSR count). The van der Waals surface area contributed by atoms with E-state index < -0.39 is 23.9 Å². The van der Waals surface area contributed by atoms with E-state index in [1.54, 1.807) is 23.1 Å². The fraction of sp³-hybridized carbons (Fsp3) is 0.500. The third-order valence-electron chi connectivity index (χ3n) is 8.61. The summed E-state index contributed by atoms with van der Waals surface area (Å²) in [5, 5.41) is 6.26. The van der Waals surface area contributed by atoms with Crippen LogP contribution in [0.3, 0.4) is 0 Å². The number of piperazine rings is 1. The normalized spacial score (nSPS) is 18.9. The lowest BCUT2D eigenvalue weighted by molar-refractivity contribution is -0.144. The van der Waals surface area contributed by atoms with E-state index in [1.807, 2.05) is 43.1 Å². The quantitative estimate of drug-likeness (QED) is 0.401. The molecule has 43 heavy (non-hydrogen) atoms. The molecule has 11 heteroatoms. The molecule has 2 aromatic carbocycles. The van der Waals surface area contributed by atoms with E-state index in [4.69, 9.17) is 17.3 Å². The first-order chi connectivity index (χ1) is 20.4. The summed E-state index contributed by atoms with van der Waals surface area (Å²) in [5.41, 5.74) is 8.95. The van der Waals surface area contributed by atoms with Crippen LogP contribution in [0.25, 0.3) is 0 Å². The number of nitrogens with two attached hydrogens (primary N) is 1. The van der Waals surface area contributed by atoms with Gasteiger partial charge in [0.15, 0.2) is 0 Å². The van der Waals surface area contributed by atoms with Crippen LogP contribution in [0.4, 0.5) is 5.69 Å². The molecule has 0 unspecified atom stereocenters. The molecule has 0 saturated carbocycles. The topological polar surface area (TPSA) is 128 Å². The van der Waals surface area contributed by atoms with Crippen LogP contribution in [0.5, 0.6) is 0 Å². The first kappa shape index (κ1) is 32.4. The number of carbonyl (C=O) groups is 4. The zero-order chi connectivity index (χ0) is 31.3. The highest BCUT2D eigenvalue weighted by Gasteiger charge is 2.37. The summed E-state index contributed by atoms with van der Waals surface area (Å²) in [7, 11) is 2.05. The van der Waals surface area contributed by atoms with Crippen molar-refractivity contribution in [3.63, 3.8) is 0 Å². The standard InChI is InChI=1S/C32H43ClN6O4/c1-21-17-24(9-10-25(21)33)35-30(42)26(13-14-34)36-31(43)27-18-22-7-5-6-8-23(22)19-39(27)29(41)12-11-28(40)38-16-15-37(4)32(2,3)20-38/h5-10,17,26-27H,11-16,18-20,34H2,1-4H3,(H,35,42)(H,36,43)/t26-,27-/m0/s1. The van der Waals surface area contributed by atoms with Gasteiger partial charge in [0.2, 0.25) is 23.6 Å². The Labute approximate surface area is 258 Å². The minimum atomic E-state index is -0.898. The number of benzene rings is 2. The maximum atomic E-state index is 13.7. The summed E-state index contributed by atoms with van der Waals surface area (Å²) < 4.78 is 0. The molecule has 0 aromatic heterocycles. The molecule has 0 spiro atoms. The van der Waals surface area contributed by atoms with Crippen LogP contribution in [-0.4, -0.2) is 89.2 Å². The second-order valence-electron chi connectivity index (χ2n) is 12.2. The SMILES string of the molecule is Cc1cc(NC(=O)[C@H](CCN)NC(=O)[C@@H]2Cc3ccccc3CN2C(=O)CCC(=O)N2CCN(C)C(C)(C)C2)ccc1Cl. The van der Waals surface area contributed by atoms with E-state index >= 15 is 0 Å². The molecule has 2 atom stereocenters. The van der Waals surface area contributed by atoms with Crippen LogP contribution in [0.15, 0.2) is 42.5 Å². The predicted molar refractivity (Wildman–Crippen MR) is 167 cm³/mol. The minimum Gasteiger partial charge on any atom is -0.342 e. The number of carbonyl (C=O) groups excluding carboxylic acids is 4. The number of likely N-dealkylation sites (N-methyl/N-ethyl adjacent to an activating group) is 1. The van der Waals surface area contributed by atoms with Crippen molar-refractivity contribution in [2.45, 2.75) is 70.6 Å². The van der Waals surface area contributed by atoms with E-state index in [1.165, 1.54) is 0 Å². The Bertz CT molecular complexity index is 1370. The maximum Gasteiger partial charge on any atom is 0.246 e. The molecule has 232 valence electrons. The summed E-state index contributed by atoms with van der Waals surface area (Å²) in [4.78, 5) is 59.2. The number of amides is 4. The van der Waals surface area contributed by atoms with Gasteiger partial charge in [-0.3, -0.25) is 24.1 Å². The van der Waals surface area contributed by atoms with Crippen molar-refractivity contribution in [2.24, 2.45) is 5.73 Å². The number of halogens is 1. The lowest BCUT2D eigenvalue weighted by Crippen LogP contribution is -2.59. The smallest absolute Gasteiger partial charge is 0.246 e. The summed E-state index contributed by atoms with van der Waals surface area (Å²) in [6, 6.07) is 11.1. The van der Waals surface area contributed by atoms with Crippen LogP contribution in [0.1, 0.15) is 49.8 Å². The summed E-state index contributed by atoms with van der Waals surface area (Å²) >= 11 is 6.11. The molecule has 10 nitrogen and oxygen atoms in total. The summed E-state index contributed by atoms with van der Waals surface area (Å²) in [6.45, 7) is 8.45. The van der Waals surface area contributed by atoms with Gasteiger partial charge in [-0.1, -0.05) is 35.9 Å². The first-order valence-corrected chi connectivity index (χ1v) is 15.2. The monoisotopic (exact) mass is 610 g/mol. The second-order valence-corrected chi connectivity index (χ2v) is 12.6. The third kappa shape index (κ3) is 7.93. The van der Waals surface area contributed by atoms with Gasteiger partial charge in [0.05, 0.1) is 0 Å². The van der Waals surface area contributed by atoms with Crippen molar-refractivity contribution in [3.8, 4) is 0 Å². The molecule has 4 N–H and O–H groups in total. The molecule has 0 bridgehead atoms. The highest BCUT2D eigenvalue weighted by molar-refractivity contribution is 6.31. The average Bonchev–Trinajstić information content (AvgIpc) is 2.97. The Hall–Kier alpha value is -3.47. The minimum absolute atomic E-state index is 0.000179. The number of nitrogens with zero attached hydrogens (tertiary/aromatic N) is 3. The van der Waals surface area contributed by atoms with Gasteiger partial charge in [-0.2, -0.15) is 0 Å². The van der Waals surface area contributed by atoms with Crippen molar-refractivity contribution in [2.75, 3.05) is 38.5 Å². The predicted octanol–water partition coefficient (Wildman–Crippen LogP) is 2.71. The molecular formula is C32H43ClN6O4. The Morgan fingerprint density at radius 1 is 1.05 bits per heavy atom. The van der Waals surface area contributed by atoms with Gasteiger partial charge >= 0.3 is 0 Å². The Balaban J connectivity index is 1.46. The highest BCUT2D eigenvalue weighted by Crippen LogP contribution is 2.26. The van der Waals surface area contributed by atoms with Crippen LogP contribution in [0.2, 0.25) is 5.02 Å². The summed E-state index contributed by atoms with van der Waals surface area (Å²) in [6.07, 6.45) is 0.600. The lowest BCUT2D eigenvalue weighted by Gasteiger charge is -2.45. The maximum absolute atomic E-state index is 13.7. The van der Waals surface area contributed by atoms with Crippen molar-refractivity contribution in [1.29, 1.82) is 0 Å². The van der Waals surface area contributed by atoms with Crippen LogP contribution in [0, 0.1) is 6.92 Å². The van der Waals surface area contributed by atoms with Crippen LogP contribution >= 0.6 is 11.6 Å². The van der Waals surface area contributed by atoms with E-state index in [0.29, 0.717) is 30.2 Å². The van der Waals surface area contributed by atoms with Crippen LogP contribution < -0.4 is 16.4 Å². The largest absolute Gasteiger partial charge is 0.342 e. The van der Waals surface area contributed by atoms with Gasteiger partial charge in [-0.05, 0) is 75.7 Å². The number of anilines is 1. The third-order valence-corrected chi connectivity index (χ3v) is 9.03. The second kappa shape index (κ2) is 13.9. The van der Waals surface area contributed by atoms with Gasteiger partial charge in [0.25, 0.3) is 0 Å². The average molecular weight is 611 g/mol. The molecular weight excluding hydrogens is 568 g/mol. The fourth-order valence-electron chi connectivity index (χ4n) is 5.64. The van der Waals surface area contributed by atoms with Crippen molar-refractivity contribution >= 4 is 40.9 Å². The molecule has 0 radical (unpaired) electrons. The van der Waals surface area contributed by atoms with Crippen molar-refractivity contribution < 1.29 is 19.2 Å². The Kier molecular flexibility index (Phi) is 10.5. The number of hydrogen-bond donors (Lipinski definition) is 3. The zero-order valence-corrected chi connectivity index (χ0v) is 26.2. The Morgan fingerprint density at radius 2 is 1.74 bits per heavy atom. The molecule has 0 aliphatic carbocycles. The molecule has 1 fully saturated rings. The van der Waals surface area contributed by atoms with Crippen molar-refractivity contribution in [3.05, 3.63) is 64.2 Å². The van der Waals surface area contributed by atoms with Gasteiger partial charge in [-0.15, -0.1) is 0 Å². The number of fused-ring (bicyclic) bond motifs is 1. The van der Waals surface area contributed by atoms with Crippen molar-refractivity contribution in [1.82, 2.24) is 20.0 Å². The van der Waals surface area contributed by atoms with Crippen LogP contribution in [-0.2, 0) is 32.1 Å². The molecule has 4 amide bonds. The van der Waals surface area contributed by atoms with E-state index in [2.05, 4.69) is 29.4 Å². The molecule has 2 aliphatic rings. The Morgan fingerprint density at radius 3 is 2.42 bits per heavy atom. The van der Waals surface area contributed by atoms with E-state index in [0.717, 1.165) is 23.2 Å². The molecule has 2 aliphatic heterocycles. The zero-order valence-electron chi connectivity index (χ0n) is 25.5. The highest BCUT2D eigenvalue weighted by atomic mass is 35.5. The molecule has 1 saturated heterocycles. The number of hydrogen-bond acceptors (Lipinski definition) is 6. The van der Waals surface area contributed by atoms with Gasteiger partial charge in [0.1, 0.15) is 12.1 Å². The number of rotatable bonds is 9. The number of aryl methyl sites for hydroxylation is 1. The fourth-order valence-corrected chi connectivity index (χ4v) is 5.76. The summed E-state index contributed by atoms with van der Waals surface area (Å²) in [5.74, 6) is -1.18. The van der Waals surface area contributed by atoms with E-state index in [9.17, 15) is 19.2 Å². The first-order valence-electron chi connectivity index (χ1n) is 14.8. The van der Waals surface area contributed by atoms with Gasteiger partial charge in [-0.25, -0.2) is 0 Å². The van der Waals surface area contributed by atoms with Gasteiger partial charge < -0.3 is 26.2 Å². The van der Waals surface area contributed by atoms with Gasteiger partial charge in [0, 0.05) is 61.7 Å². The van der Waals surface area contributed by atoms with E-state index in [-0.39, 0.29) is 49.7 Å². The molecule has 2 heterocycles. The molecule has 2 aromatic rings.